The molecule has 116 valence electrons. The second-order valence-corrected chi connectivity index (χ2v) is 5.85. The Labute approximate surface area is 138 Å². The third-order valence-electron chi connectivity index (χ3n) is 4.16. The van der Waals surface area contributed by atoms with Gasteiger partial charge in [0, 0.05) is 7.11 Å². The highest BCUT2D eigenvalue weighted by Crippen LogP contribution is 2.30. The van der Waals surface area contributed by atoms with Gasteiger partial charge in [-0.25, -0.2) is 0 Å². The summed E-state index contributed by atoms with van der Waals surface area (Å²) in [4.78, 5) is 0. The maximum atomic E-state index is 5.26. The molecule has 3 aromatic carbocycles. The maximum Gasteiger partial charge on any atom is 0.0502 e. The van der Waals surface area contributed by atoms with Crippen LogP contribution in [-0.4, -0.2) is 13.7 Å². The summed E-state index contributed by atoms with van der Waals surface area (Å²) >= 11 is 0. The average molecular weight is 302 g/mol. The molecule has 23 heavy (non-hydrogen) atoms. The van der Waals surface area contributed by atoms with Crippen LogP contribution in [0.1, 0.15) is 11.1 Å². The Morgan fingerprint density at radius 3 is 2.13 bits per heavy atom. The molecule has 0 aromatic heterocycles. The van der Waals surface area contributed by atoms with Crippen LogP contribution in [0.4, 0.5) is 0 Å². The zero-order chi connectivity index (χ0) is 16.1. The SMILES string of the molecule is COCCc1ccc(-c2ccc(C)cc2)cc1-c1ccccc1. The van der Waals surface area contributed by atoms with Crippen molar-refractivity contribution in [2.24, 2.45) is 0 Å². The van der Waals surface area contributed by atoms with Gasteiger partial charge in [-0.15, -0.1) is 0 Å². The quantitative estimate of drug-likeness (QED) is 0.603. The van der Waals surface area contributed by atoms with Crippen LogP contribution in [0, 0.1) is 6.92 Å². The van der Waals surface area contributed by atoms with E-state index in [2.05, 4.69) is 79.7 Å². The lowest BCUT2D eigenvalue weighted by atomic mass is 9.93. The normalized spacial score (nSPS) is 10.7. The minimum absolute atomic E-state index is 0.740. The highest BCUT2D eigenvalue weighted by molar-refractivity contribution is 5.75. The molecular weight excluding hydrogens is 280 g/mol. The average Bonchev–Trinajstić information content (AvgIpc) is 2.61. The minimum Gasteiger partial charge on any atom is -0.384 e. The smallest absolute Gasteiger partial charge is 0.0502 e. The van der Waals surface area contributed by atoms with Crippen molar-refractivity contribution >= 4 is 0 Å². The summed E-state index contributed by atoms with van der Waals surface area (Å²) in [6.45, 7) is 2.86. The summed E-state index contributed by atoms with van der Waals surface area (Å²) in [5.74, 6) is 0. The van der Waals surface area contributed by atoms with E-state index in [1.165, 1.54) is 33.4 Å². The second kappa shape index (κ2) is 7.26. The lowest BCUT2D eigenvalue weighted by Gasteiger charge is -2.13. The molecule has 0 fully saturated rings. The topological polar surface area (TPSA) is 9.23 Å². The van der Waals surface area contributed by atoms with Gasteiger partial charge in [-0.3, -0.25) is 0 Å². The van der Waals surface area contributed by atoms with Crippen LogP contribution in [0.25, 0.3) is 22.3 Å². The molecule has 3 aromatic rings. The molecule has 0 atom stereocenters. The molecule has 0 aliphatic rings. The predicted molar refractivity (Wildman–Crippen MR) is 97.6 cm³/mol. The summed E-state index contributed by atoms with van der Waals surface area (Å²) in [6, 6.07) is 26.0. The first-order valence-electron chi connectivity index (χ1n) is 8.02. The number of rotatable bonds is 5. The van der Waals surface area contributed by atoms with Crippen LogP contribution >= 0.6 is 0 Å². The lowest BCUT2D eigenvalue weighted by Crippen LogP contribution is -1.97. The van der Waals surface area contributed by atoms with Crippen molar-refractivity contribution < 1.29 is 4.74 Å². The van der Waals surface area contributed by atoms with E-state index in [-0.39, 0.29) is 0 Å². The van der Waals surface area contributed by atoms with E-state index >= 15 is 0 Å². The van der Waals surface area contributed by atoms with Gasteiger partial charge in [0.2, 0.25) is 0 Å². The van der Waals surface area contributed by atoms with Gasteiger partial charge in [0.25, 0.3) is 0 Å². The largest absolute Gasteiger partial charge is 0.384 e. The van der Waals surface area contributed by atoms with Gasteiger partial charge >= 0.3 is 0 Å². The van der Waals surface area contributed by atoms with Crippen molar-refractivity contribution in [1.82, 2.24) is 0 Å². The van der Waals surface area contributed by atoms with E-state index in [9.17, 15) is 0 Å². The summed E-state index contributed by atoms with van der Waals surface area (Å²) in [5, 5.41) is 0. The molecule has 1 nitrogen and oxygen atoms in total. The van der Waals surface area contributed by atoms with Crippen LogP contribution in [0.15, 0.2) is 72.8 Å². The summed E-state index contributed by atoms with van der Waals surface area (Å²) in [7, 11) is 1.75. The first-order valence-corrected chi connectivity index (χ1v) is 8.02. The molecule has 0 bridgehead atoms. The number of methoxy groups -OCH3 is 1. The summed E-state index contributed by atoms with van der Waals surface area (Å²) in [6.07, 6.45) is 0.926. The van der Waals surface area contributed by atoms with Crippen LogP contribution in [-0.2, 0) is 11.2 Å². The molecule has 0 aliphatic carbocycles. The molecule has 3 rings (SSSR count). The Morgan fingerprint density at radius 2 is 1.43 bits per heavy atom. The van der Waals surface area contributed by atoms with Crippen molar-refractivity contribution in [3.63, 3.8) is 0 Å². The van der Waals surface area contributed by atoms with Crippen molar-refractivity contribution in [3.8, 4) is 22.3 Å². The van der Waals surface area contributed by atoms with Crippen LogP contribution in [0.5, 0.6) is 0 Å². The first kappa shape index (κ1) is 15.5. The minimum atomic E-state index is 0.740. The molecule has 0 spiro atoms. The Bertz CT molecular complexity index is 758. The molecule has 0 amide bonds. The van der Waals surface area contributed by atoms with E-state index in [0.29, 0.717) is 0 Å². The standard InChI is InChI=1S/C22H22O/c1-17-8-10-18(11-9-17)21-13-12-20(14-15-23-2)22(16-21)19-6-4-3-5-7-19/h3-13,16H,14-15H2,1-2H3. The Balaban J connectivity index is 2.05. The molecule has 0 aliphatic heterocycles. The molecular formula is C22H22O. The lowest BCUT2D eigenvalue weighted by molar-refractivity contribution is 0.202. The van der Waals surface area contributed by atoms with E-state index in [4.69, 9.17) is 4.74 Å². The zero-order valence-electron chi connectivity index (χ0n) is 13.8. The van der Waals surface area contributed by atoms with E-state index in [1.54, 1.807) is 7.11 Å². The van der Waals surface area contributed by atoms with E-state index < -0.39 is 0 Å². The third-order valence-corrected chi connectivity index (χ3v) is 4.16. The van der Waals surface area contributed by atoms with Crippen LogP contribution < -0.4 is 0 Å². The second-order valence-electron chi connectivity index (χ2n) is 5.85. The van der Waals surface area contributed by atoms with E-state index in [1.807, 2.05) is 0 Å². The number of aryl methyl sites for hydroxylation is 1. The molecule has 0 saturated heterocycles. The Kier molecular flexibility index (Phi) is 4.89. The molecule has 0 saturated carbocycles. The highest BCUT2D eigenvalue weighted by atomic mass is 16.5. The van der Waals surface area contributed by atoms with E-state index in [0.717, 1.165) is 13.0 Å². The number of hydrogen-bond donors (Lipinski definition) is 0. The van der Waals surface area contributed by atoms with Crippen molar-refractivity contribution in [2.75, 3.05) is 13.7 Å². The highest BCUT2D eigenvalue weighted by Gasteiger charge is 2.08. The number of ether oxygens (including phenoxy) is 1. The van der Waals surface area contributed by atoms with Crippen molar-refractivity contribution in [2.45, 2.75) is 13.3 Å². The fourth-order valence-electron chi connectivity index (χ4n) is 2.82. The number of benzene rings is 3. The Morgan fingerprint density at radius 1 is 0.739 bits per heavy atom. The van der Waals surface area contributed by atoms with Gasteiger partial charge in [-0.2, -0.15) is 0 Å². The van der Waals surface area contributed by atoms with Gasteiger partial charge < -0.3 is 4.74 Å². The van der Waals surface area contributed by atoms with Gasteiger partial charge in [0.05, 0.1) is 6.61 Å². The summed E-state index contributed by atoms with van der Waals surface area (Å²) < 4.78 is 5.26. The van der Waals surface area contributed by atoms with Gasteiger partial charge in [0.15, 0.2) is 0 Å². The number of hydrogen-bond acceptors (Lipinski definition) is 1. The molecule has 1 heteroatoms. The van der Waals surface area contributed by atoms with Crippen molar-refractivity contribution in [1.29, 1.82) is 0 Å². The summed E-state index contributed by atoms with van der Waals surface area (Å²) in [5.41, 5.74) is 7.67. The van der Waals surface area contributed by atoms with Gasteiger partial charge in [-0.05, 0) is 47.2 Å². The third kappa shape index (κ3) is 3.69. The monoisotopic (exact) mass is 302 g/mol. The predicted octanol–water partition coefficient (Wildman–Crippen LogP) is 5.52. The zero-order valence-corrected chi connectivity index (χ0v) is 13.8. The molecule has 0 N–H and O–H groups in total. The Hall–Kier alpha value is -2.38. The van der Waals surface area contributed by atoms with Gasteiger partial charge in [0.1, 0.15) is 0 Å². The van der Waals surface area contributed by atoms with Crippen LogP contribution in [0.2, 0.25) is 0 Å². The fraction of sp³-hybridized carbons (Fsp3) is 0.182. The maximum absolute atomic E-state index is 5.26. The molecule has 0 heterocycles. The first-order chi connectivity index (χ1) is 11.3. The van der Waals surface area contributed by atoms with Crippen LogP contribution in [0.3, 0.4) is 0 Å². The molecule has 0 radical (unpaired) electrons. The van der Waals surface area contributed by atoms with Crippen molar-refractivity contribution in [3.05, 3.63) is 83.9 Å². The molecule has 0 unspecified atom stereocenters. The fourth-order valence-corrected chi connectivity index (χ4v) is 2.82. The van der Waals surface area contributed by atoms with Gasteiger partial charge in [-0.1, -0.05) is 72.3 Å².